The summed E-state index contributed by atoms with van der Waals surface area (Å²) in [5.74, 6) is 1.60. The number of hydrogen-bond donors (Lipinski definition) is 0. The lowest BCUT2D eigenvalue weighted by atomic mass is 10.0. The van der Waals surface area contributed by atoms with Gasteiger partial charge in [0.15, 0.2) is 5.82 Å². The van der Waals surface area contributed by atoms with Crippen LogP contribution < -0.4 is 0 Å². The average molecular weight is 375 g/mol. The van der Waals surface area contributed by atoms with Crippen LogP contribution in [0, 0.1) is 20.8 Å². The Bertz CT molecular complexity index is 1010. The topological polar surface area (TPSA) is 51.3 Å². The first-order valence-electron chi connectivity index (χ1n) is 9.71. The molecule has 1 amide bonds. The highest BCUT2D eigenvalue weighted by molar-refractivity contribution is 5.92. The Hall–Kier alpha value is -3.08. The quantitative estimate of drug-likeness (QED) is 0.617. The molecule has 1 saturated heterocycles. The third-order valence-electron chi connectivity index (χ3n) is 5.44. The van der Waals surface area contributed by atoms with Gasteiger partial charge < -0.3 is 9.42 Å². The maximum absolute atomic E-state index is 12.9. The number of benzene rings is 1. The van der Waals surface area contributed by atoms with Crippen LogP contribution in [0.4, 0.5) is 0 Å². The predicted molar refractivity (Wildman–Crippen MR) is 109 cm³/mol. The molecule has 3 aromatic rings. The molecule has 0 spiro atoms. The average Bonchev–Trinajstić information content (AvgIpc) is 3.40. The van der Waals surface area contributed by atoms with Gasteiger partial charge in [-0.15, -0.1) is 0 Å². The zero-order chi connectivity index (χ0) is 19.7. The maximum atomic E-state index is 12.9. The van der Waals surface area contributed by atoms with E-state index in [-0.39, 0.29) is 11.9 Å². The van der Waals surface area contributed by atoms with Crippen LogP contribution in [0.5, 0.6) is 0 Å². The minimum Gasteiger partial charge on any atom is -0.360 e. The third-order valence-corrected chi connectivity index (χ3v) is 5.44. The molecule has 1 atom stereocenters. The number of rotatable bonds is 4. The second-order valence-corrected chi connectivity index (χ2v) is 7.39. The summed E-state index contributed by atoms with van der Waals surface area (Å²) < 4.78 is 7.25. The molecule has 1 unspecified atom stereocenters. The van der Waals surface area contributed by atoms with Gasteiger partial charge in [-0.25, -0.2) is 0 Å². The van der Waals surface area contributed by atoms with Crippen molar-refractivity contribution in [2.24, 2.45) is 0 Å². The van der Waals surface area contributed by atoms with Crippen molar-refractivity contribution in [3.8, 4) is 5.82 Å². The zero-order valence-corrected chi connectivity index (χ0v) is 16.6. The van der Waals surface area contributed by atoms with Gasteiger partial charge in [0.25, 0.3) is 0 Å². The third kappa shape index (κ3) is 3.40. The van der Waals surface area contributed by atoms with E-state index < -0.39 is 0 Å². The monoisotopic (exact) mass is 375 g/mol. The van der Waals surface area contributed by atoms with Crippen LogP contribution in [0.1, 0.15) is 47.2 Å². The molecule has 144 valence electrons. The summed E-state index contributed by atoms with van der Waals surface area (Å²) in [5, 5.41) is 4.11. The Kier molecular flexibility index (Phi) is 4.90. The smallest absolute Gasteiger partial charge is 0.247 e. The molecular formula is C23H25N3O2. The summed E-state index contributed by atoms with van der Waals surface area (Å²) >= 11 is 0. The first-order chi connectivity index (χ1) is 13.5. The van der Waals surface area contributed by atoms with Gasteiger partial charge in [-0.3, -0.25) is 9.36 Å². The fourth-order valence-corrected chi connectivity index (χ4v) is 4.08. The van der Waals surface area contributed by atoms with Crippen molar-refractivity contribution in [3.63, 3.8) is 0 Å². The van der Waals surface area contributed by atoms with Crippen LogP contribution in [0.25, 0.3) is 11.9 Å². The van der Waals surface area contributed by atoms with E-state index in [9.17, 15) is 4.79 Å². The molecule has 28 heavy (non-hydrogen) atoms. The van der Waals surface area contributed by atoms with Crippen molar-refractivity contribution < 1.29 is 9.32 Å². The van der Waals surface area contributed by atoms with Crippen LogP contribution >= 0.6 is 0 Å². The summed E-state index contributed by atoms with van der Waals surface area (Å²) in [4.78, 5) is 14.9. The van der Waals surface area contributed by atoms with Crippen LogP contribution in [-0.2, 0) is 4.79 Å². The number of aromatic nitrogens is 2. The van der Waals surface area contributed by atoms with E-state index in [4.69, 9.17) is 4.52 Å². The lowest BCUT2D eigenvalue weighted by Gasteiger charge is -2.23. The molecule has 4 rings (SSSR count). The van der Waals surface area contributed by atoms with Gasteiger partial charge in [-0.2, -0.15) is 0 Å². The summed E-state index contributed by atoms with van der Waals surface area (Å²) in [6.45, 7) is 6.75. The SMILES string of the molecule is Cc1cc(-n2c(C)cc(/C=C/C(=O)N3CCCC3c3ccccc3)c2C)no1. The highest BCUT2D eigenvalue weighted by Crippen LogP contribution is 2.32. The molecule has 1 aromatic carbocycles. The molecule has 1 aliphatic rings. The molecule has 1 aliphatic heterocycles. The Morgan fingerprint density at radius 1 is 1.18 bits per heavy atom. The van der Waals surface area contributed by atoms with E-state index in [1.807, 2.05) is 60.6 Å². The number of nitrogens with zero attached hydrogens (tertiary/aromatic N) is 3. The molecule has 0 saturated carbocycles. The highest BCUT2D eigenvalue weighted by Gasteiger charge is 2.28. The fraction of sp³-hybridized carbons (Fsp3) is 0.304. The number of likely N-dealkylation sites (tertiary alicyclic amines) is 1. The predicted octanol–water partition coefficient (Wildman–Crippen LogP) is 4.77. The van der Waals surface area contributed by atoms with Crippen LogP contribution in [0.15, 0.2) is 53.1 Å². The van der Waals surface area contributed by atoms with Gasteiger partial charge in [0.2, 0.25) is 5.91 Å². The largest absolute Gasteiger partial charge is 0.360 e. The van der Waals surface area contributed by atoms with Crippen LogP contribution in [0.2, 0.25) is 0 Å². The maximum Gasteiger partial charge on any atom is 0.247 e. The first-order valence-corrected chi connectivity index (χ1v) is 9.71. The molecule has 3 heterocycles. The van der Waals surface area contributed by atoms with E-state index in [1.165, 1.54) is 5.56 Å². The molecule has 0 aliphatic carbocycles. The molecule has 0 bridgehead atoms. The molecule has 0 N–H and O–H groups in total. The van der Waals surface area contributed by atoms with Crippen molar-refractivity contribution in [3.05, 3.63) is 76.8 Å². The molecule has 2 aromatic heterocycles. The van der Waals surface area contributed by atoms with E-state index in [0.717, 1.165) is 47.9 Å². The molecule has 1 fully saturated rings. The molecular weight excluding hydrogens is 350 g/mol. The van der Waals surface area contributed by atoms with Crippen molar-refractivity contribution in [1.82, 2.24) is 14.6 Å². The van der Waals surface area contributed by atoms with Gasteiger partial charge in [-0.05, 0) is 56.9 Å². The van der Waals surface area contributed by atoms with Gasteiger partial charge >= 0.3 is 0 Å². The molecule has 5 heteroatoms. The van der Waals surface area contributed by atoms with Crippen LogP contribution in [0.3, 0.4) is 0 Å². The Labute approximate surface area is 165 Å². The number of carbonyl (C=O) groups excluding carboxylic acids is 1. The van der Waals surface area contributed by atoms with E-state index in [1.54, 1.807) is 6.08 Å². The lowest BCUT2D eigenvalue weighted by molar-refractivity contribution is -0.126. The lowest BCUT2D eigenvalue weighted by Crippen LogP contribution is -2.28. The summed E-state index contributed by atoms with van der Waals surface area (Å²) in [7, 11) is 0. The van der Waals surface area contributed by atoms with E-state index in [2.05, 4.69) is 23.4 Å². The second kappa shape index (κ2) is 7.50. The summed E-state index contributed by atoms with van der Waals surface area (Å²) in [5.41, 5.74) is 4.32. The van der Waals surface area contributed by atoms with Crippen molar-refractivity contribution in [1.29, 1.82) is 0 Å². The molecule has 5 nitrogen and oxygen atoms in total. The normalized spacial score (nSPS) is 17.0. The van der Waals surface area contributed by atoms with Crippen molar-refractivity contribution in [2.45, 2.75) is 39.7 Å². The second-order valence-electron chi connectivity index (χ2n) is 7.39. The number of carbonyl (C=O) groups is 1. The van der Waals surface area contributed by atoms with Gasteiger partial charge in [-0.1, -0.05) is 35.5 Å². The number of aryl methyl sites for hydroxylation is 2. The Morgan fingerprint density at radius 2 is 1.96 bits per heavy atom. The fourth-order valence-electron chi connectivity index (χ4n) is 4.08. The zero-order valence-electron chi connectivity index (χ0n) is 16.6. The number of amides is 1. The van der Waals surface area contributed by atoms with Gasteiger partial charge in [0, 0.05) is 30.1 Å². The molecule has 0 radical (unpaired) electrons. The number of hydrogen-bond acceptors (Lipinski definition) is 3. The Morgan fingerprint density at radius 3 is 2.68 bits per heavy atom. The van der Waals surface area contributed by atoms with Crippen LogP contribution in [-0.4, -0.2) is 27.1 Å². The summed E-state index contributed by atoms with van der Waals surface area (Å²) in [6.07, 6.45) is 5.67. The van der Waals surface area contributed by atoms with E-state index in [0.29, 0.717) is 0 Å². The van der Waals surface area contributed by atoms with Crippen molar-refractivity contribution in [2.75, 3.05) is 6.54 Å². The van der Waals surface area contributed by atoms with E-state index >= 15 is 0 Å². The minimum atomic E-state index is 0.0634. The van der Waals surface area contributed by atoms with Gasteiger partial charge in [0.05, 0.1) is 6.04 Å². The van der Waals surface area contributed by atoms with Gasteiger partial charge in [0.1, 0.15) is 5.76 Å². The minimum absolute atomic E-state index is 0.0634. The Balaban J connectivity index is 1.55. The highest BCUT2D eigenvalue weighted by atomic mass is 16.5. The first kappa shape index (κ1) is 18.3. The summed E-state index contributed by atoms with van der Waals surface area (Å²) in [6, 6.07) is 14.4. The van der Waals surface area contributed by atoms with Crippen molar-refractivity contribution >= 4 is 12.0 Å². The standard InChI is InChI=1S/C23H25N3O2/c1-16-14-20(18(3)26(16)22-15-17(2)28-24-22)11-12-23(27)25-13-7-10-21(25)19-8-5-4-6-9-19/h4-6,8-9,11-12,14-15,21H,7,10,13H2,1-3H3/b12-11+.